The first-order valence-electron chi connectivity index (χ1n) is 1.80. The maximum atomic E-state index is 3.73. The molecule has 0 radical (unpaired) electrons. The van der Waals surface area contributed by atoms with Gasteiger partial charge in [0.1, 0.15) is 6.33 Å². The predicted molar refractivity (Wildman–Crippen MR) is 37.0 cm³/mol. The van der Waals surface area contributed by atoms with E-state index >= 15 is 0 Å². The van der Waals surface area contributed by atoms with Crippen LogP contribution in [0.2, 0.25) is 0 Å². The molecule has 1 rings (SSSR count). The standard InChI is InChI=1S/C4H3BrN2.ClH/c5-4-1-6-3-7-2-4;/h1-3H;1H. The normalized spacial score (nSPS) is 7.62. The SMILES string of the molecule is Brc1cncnc1.Cl. The van der Waals surface area contributed by atoms with Gasteiger partial charge in [-0.15, -0.1) is 12.4 Å². The van der Waals surface area contributed by atoms with Crippen molar-refractivity contribution in [3.63, 3.8) is 0 Å². The molecule has 0 saturated heterocycles. The highest BCUT2D eigenvalue weighted by Gasteiger charge is 1.76. The lowest BCUT2D eigenvalue weighted by Gasteiger charge is -1.79. The number of halogens is 2. The molecule has 0 saturated carbocycles. The fourth-order valence-electron chi connectivity index (χ4n) is 0.281. The van der Waals surface area contributed by atoms with E-state index in [0.717, 1.165) is 4.47 Å². The third-order valence-electron chi connectivity index (χ3n) is 0.529. The van der Waals surface area contributed by atoms with E-state index in [1.807, 2.05) is 0 Å². The highest BCUT2D eigenvalue weighted by molar-refractivity contribution is 9.10. The Bertz CT molecular complexity index is 144. The Kier molecular flexibility index (Phi) is 3.73. The predicted octanol–water partition coefficient (Wildman–Crippen LogP) is 1.66. The lowest BCUT2D eigenvalue weighted by atomic mass is 10.7. The maximum absolute atomic E-state index is 3.73. The van der Waals surface area contributed by atoms with Crippen molar-refractivity contribution in [1.29, 1.82) is 0 Å². The smallest absolute Gasteiger partial charge is 0.115 e. The number of hydrogen-bond acceptors (Lipinski definition) is 2. The molecule has 0 aliphatic carbocycles. The van der Waals surface area contributed by atoms with E-state index in [1.54, 1.807) is 12.4 Å². The van der Waals surface area contributed by atoms with Crippen LogP contribution in [0, 0.1) is 0 Å². The minimum atomic E-state index is 0. The summed E-state index contributed by atoms with van der Waals surface area (Å²) in [4.78, 5) is 7.45. The molecule has 0 atom stereocenters. The quantitative estimate of drug-likeness (QED) is 0.629. The van der Waals surface area contributed by atoms with Gasteiger partial charge in [-0.25, -0.2) is 9.97 Å². The Morgan fingerprint density at radius 2 is 1.75 bits per heavy atom. The zero-order chi connectivity index (χ0) is 5.11. The molecule has 0 spiro atoms. The molecule has 2 nitrogen and oxygen atoms in total. The second-order valence-corrected chi connectivity index (χ2v) is 1.97. The van der Waals surface area contributed by atoms with E-state index in [1.165, 1.54) is 6.33 Å². The molecular weight excluding hydrogens is 191 g/mol. The van der Waals surface area contributed by atoms with Crippen LogP contribution in [0.1, 0.15) is 0 Å². The van der Waals surface area contributed by atoms with Gasteiger partial charge in [-0.3, -0.25) is 0 Å². The van der Waals surface area contributed by atoms with Crippen LogP contribution in [0.15, 0.2) is 23.2 Å². The van der Waals surface area contributed by atoms with Gasteiger partial charge in [0.25, 0.3) is 0 Å². The van der Waals surface area contributed by atoms with Crippen LogP contribution < -0.4 is 0 Å². The van der Waals surface area contributed by atoms with Gasteiger partial charge in [0.15, 0.2) is 0 Å². The van der Waals surface area contributed by atoms with Gasteiger partial charge in [0.2, 0.25) is 0 Å². The molecule has 44 valence electrons. The van der Waals surface area contributed by atoms with Crippen LogP contribution in [0.4, 0.5) is 0 Å². The van der Waals surface area contributed by atoms with Crippen molar-refractivity contribution < 1.29 is 0 Å². The summed E-state index contributed by atoms with van der Waals surface area (Å²) in [5.74, 6) is 0. The molecule has 0 fully saturated rings. The van der Waals surface area contributed by atoms with Crippen LogP contribution >= 0.6 is 28.3 Å². The molecule has 8 heavy (non-hydrogen) atoms. The van der Waals surface area contributed by atoms with Crippen molar-refractivity contribution in [1.82, 2.24) is 9.97 Å². The van der Waals surface area contributed by atoms with Crippen molar-refractivity contribution in [3.05, 3.63) is 23.2 Å². The summed E-state index contributed by atoms with van der Waals surface area (Å²) in [6.45, 7) is 0. The van der Waals surface area contributed by atoms with Crippen molar-refractivity contribution in [2.45, 2.75) is 0 Å². The molecule has 0 bridgehead atoms. The molecule has 1 aromatic heterocycles. The summed E-state index contributed by atoms with van der Waals surface area (Å²) >= 11 is 3.19. The van der Waals surface area contributed by atoms with Crippen molar-refractivity contribution in [2.75, 3.05) is 0 Å². The Morgan fingerprint density at radius 3 is 2.00 bits per heavy atom. The van der Waals surface area contributed by atoms with Gasteiger partial charge in [-0.05, 0) is 15.9 Å². The topological polar surface area (TPSA) is 25.8 Å². The van der Waals surface area contributed by atoms with Gasteiger partial charge in [-0.1, -0.05) is 0 Å². The van der Waals surface area contributed by atoms with Crippen LogP contribution in [-0.4, -0.2) is 9.97 Å². The minimum Gasteiger partial charge on any atom is -0.244 e. The van der Waals surface area contributed by atoms with E-state index in [2.05, 4.69) is 25.9 Å². The largest absolute Gasteiger partial charge is 0.244 e. The van der Waals surface area contributed by atoms with E-state index in [0.29, 0.717) is 0 Å². The van der Waals surface area contributed by atoms with Gasteiger partial charge >= 0.3 is 0 Å². The molecule has 0 unspecified atom stereocenters. The molecule has 1 aromatic rings. The summed E-state index contributed by atoms with van der Waals surface area (Å²) in [5.41, 5.74) is 0. The van der Waals surface area contributed by atoms with Gasteiger partial charge in [0, 0.05) is 12.4 Å². The summed E-state index contributed by atoms with van der Waals surface area (Å²) in [6, 6.07) is 0. The molecule has 1 heterocycles. The summed E-state index contributed by atoms with van der Waals surface area (Å²) in [5, 5.41) is 0. The average Bonchev–Trinajstić information content (AvgIpc) is 1.69. The minimum absolute atomic E-state index is 0. The number of hydrogen-bond donors (Lipinski definition) is 0. The van der Waals surface area contributed by atoms with Gasteiger partial charge in [0.05, 0.1) is 4.47 Å². The van der Waals surface area contributed by atoms with Crippen LogP contribution in [0.25, 0.3) is 0 Å². The second-order valence-electron chi connectivity index (χ2n) is 1.06. The molecular formula is C4H4BrClN2. The Labute approximate surface area is 61.9 Å². The highest BCUT2D eigenvalue weighted by Crippen LogP contribution is 2.00. The van der Waals surface area contributed by atoms with Crippen molar-refractivity contribution >= 4 is 28.3 Å². The zero-order valence-electron chi connectivity index (χ0n) is 3.91. The Morgan fingerprint density at radius 1 is 1.25 bits per heavy atom. The molecule has 0 amide bonds. The highest BCUT2D eigenvalue weighted by atomic mass is 79.9. The summed E-state index contributed by atoms with van der Waals surface area (Å²) in [6.07, 6.45) is 4.87. The van der Waals surface area contributed by atoms with E-state index in [4.69, 9.17) is 0 Å². The number of nitrogens with zero attached hydrogens (tertiary/aromatic N) is 2. The fraction of sp³-hybridized carbons (Fsp3) is 0. The lowest BCUT2D eigenvalue weighted by molar-refractivity contribution is 1.15. The lowest BCUT2D eigenvalue weighted by Crippen LogP contribution is -1.71. The molecule has 0 aliphatic heterocycles. The van der Waals surface area contributed by atoms with Crippen LogP contribution in [0.5, 0.6) is 0 Å². The average molecular weight is 195 g/mol. The Hall–Kier alpha value is -0.150. The van der Waals surface area contributed by atoms with E-state index in [9.17, 15) is 0 Å². The number of aromatic nitrogens is 2. The molecule has 0 N–H and O–H groups in total. The first kappa shape index (κ1) is 7.85. The third kappa shape index (κ3) is 2.23. The Balaban J connectivity index is 0.000000490. The van der Waals surface area contributed by atoms with Crippen LogP contribution in [-0.2, 0) is 0 Å². The van der Waals surface area contributed by atoms with E-state index in [-0.39, 0.29) is 12.4 Å². The maximum Gasteiger partial charge on any atom is 0.115 e. The monoisotopic (exact) mass is 194 g/mol. The summed E-state index contributed by atoms with van der Waals surface area (Å²) < 4.78 is 0.912. The first-order chi connectivity index (χ1) is 3.39. The zero-order valence-corrected chi connectivity index (χ0v) is 6.32. The number of rotatable bonds is 0. The molecule has 0 aliphatic rings. The van der Waals surface area contributed by atoms with Gasteiger partial charge in [-0.2, -0.15) is 0 Å². The van der Waals surface area contributed by atoms with Crippen molar-refractivity contribution in [3.8, 4) is 0 Å². The summed E-state index contributed by atoms with van der Waals surface area (Å²) in [7, 11) is 0. The molecule has 0 aromatic carbocycles. The molecule has 4 heteroatoms. The second kappa shape index (κ2) is 3.80. The first-order valence-corrected chi connectivity index (χ1v) is 2.59. The van der Waals surface area contributed by atoms with Crippen LogP contribution in [0.3, 0.4) is 0 Å². The van der Waals surface area contributed by atoms with Crippen molar-refractivity contribution in [2.24, 2.45) is 0 Å². The van der Waals surface area contributed by atoms with Gasteiger partial charge < -0.3 is 0 Å². The third-order valence-corrected chi connectivity index (χ3v) is 0.939. The fourth-order valence-corrected chi connectivity index (χ4v) is 0.517. The van der Waals surface area contributed by atoms with E-state index < -0.39 is 0 Å².